The molecule has 4 nitrogen and oxygen atoms in total. The molecule has 0 bridgehead atoms. The van der Waals surface area contributed by atoms with Crippen LogP contribution in [0.1, 0.15) is 15.9 Å². The largest absolute Gasteiger partial charge is 0.384 e. The zero-order chi connectivity index (χ0) is 14.7. The molecule has 6 heteroatoms. The first-order chi connectivity index (χ1) is 9.49. The van der Waals surface area contributed by atoms with E-state index in [0.29, 0.717) is 17.1 Å². The van der Waals surface area contributed by atoms with Crippen molar-refractivity contribution in [3.63, 3.8) is 0 Å². The average molecular weight is 355 g/mol. The van der Waals surface area contributed by atoms with E-state index in [1.807, 2.05) is 24.3 Å². The van der Waals surface area contributed by atoms with Crippen molar-refractivity contribution in [2.75, 3.05) is 12.8 Å². The molecule has 1 heterocycles. The number of pyridine rings is 1. The fraction of sp³-hybridized carbons (Fsp3) is 0.143. The molecular weight excluding hydrogens is 342 g/mol. The second-order valence-electron chi connectivity index (χ2n) is 4.34. The standard InChI is InChI=1S/C14H13BrClN3O/c1-19(8-9-4-2-3-5-11(9)15)14(20)10-6-13(17)18-7-12(10)16/h2-7H,8H2,1H3,(H2,17,18). The van der Waals surface area contributed by atoms with Crippen molar-refractivity contribution >= 4 is 39.3 Å². The van der Waals surface area contributed by atoms with Crippen LogP contribution in [0.25, 0.3) is 0 Å². The van der Waals surface area contributed by atoms with Gasteiger partial charge in [0.1, 0.15) is 5.82 Å². The Morgan fingerprint density at radius 1 is 1.45 bits per heavy atom. The first-order valence-electron chi connectivity index (χ1n) is 5.89. The molecule has 2 aromatic rings. The molecule has 0 saturated heterocycles. The molecule has 1 aromatic heterocycles. The molecule has 0 atom stereocenters. The van der Waals surface area contributed by atoms with E-state index in [2.05, 4.69) is 20.9 Å². The van der Waals surface area contributed by atoms with Gasteiger partial charge in [-0.3, -0.25) is 4.79 Å². The van der Waals surface area contributed by atoms with Crippen molar-refractivity contribution in [1.29, 1.82) is 0 Å². The summed E-state index contributed by atoms with van der Waals surface area (Å²) in [5.41, 5.74) is 6.96. The summed E-state index contributed by atoms with van der Waals surface area (Å²) in [6.45, 7) is 0.471. The highest BCUT2D eigenvalue weighted by molar-refractivity contribution is 9.10. The Morgan fingerprint density at radius 2 is 2.15 bits per heavy atom. The zero-order valence-corrected chi connectivity index (χ0v) is 13.1. The summed E-state index contributed by atoms with van der Waals surface area (Å²) in [4.78, 5) is 17.8. The molecule has 104 valence electrons. The Balaban J connectivity index is 2.21. The van der Waals surface area contributed by atoms with Crippen molar-refractivity contribution < 1.29 is 4.79 Å². The molecule has 0 spiro atoms. The number of anilines is 1. The molecule has 2 N–H and O–H groups in total. The lowest BCUT2D eigenvalue weighted by atomic mass is 10.2. The second-order valence-corrected chi connectivity index (χ2v) is 5.60. The highest BCUT2D eigenvalue weighted by Gasteiger charge is 2.17. The van der Waals surface area contributed by atoms with Crippen LogP contribution >= 0.6 is 27.5 Å². The zero-order valence-electron chi connectivity index (χ0n) is 10.8. The number of nitrogens with zero attached hydrogens (tertiary/aromatic N) is 2. The van der Waals surface area contributed by atoms with Gasteiger partial charge >= 0.3 is 0 Å². The van der Waals surface area contributed by atoms with Gasteiger partial charge in [0.25, 0.3) is 5.91 Å². The van der Waals surface area contributed by atoms with Crippen LogP contribution in [0.3, 0.4) is 0 Å². The van der Waals surface area contributed by atoms with E-state index in [4.69, 9.17) is 17.3 Å². The Bertz CT molecular complexity index is 648. The van der Waals surface area contributed by atoms with Crippen molar-refractivity contribution in [2.45, 2.75) is 6.54 Å². The van der Waals surface area contributed by atoms with Gasteiger partial charge < -0.3 is 10.6 Å². The molecule has 0 aliphatic heterocycles. The minimum Gasteiger partial charge on any atom is -0.384 e. The smallest absolute Gasteiger partial charge is 0.255 e. The minimum absolute atomic E-state index is 0.195. The molecule has 0 fully saturated rings. The lowest BCUT2D eigenvalue weighted by molar-refractivity contribution is 0.0785. The molecule has 0 unspecified atom stereocenters. The number of benzene rings is 1. The number of nitrogens with two attached hydrogens (primary N) is 1. The number of amides is 1. The monoisotopic (exact) mass is 353 g/mol. The third kappa shape index (κ3) is 3.29. The Kier molecular flexibility index (Phi) is 4.62. The second kappa shape index (κ2) is 6.24. The van der Waals surface area contributed by atoms with Gasteiger partial charge in [0.2, 0.25) is 0 Å². The molecule has 20 heavy (non-hydrogen) atoms. The maximum atomic E-state index is 12.4. The predicted molar refractivity (Wildman–Crippen MR) is 83.6 cm³/mol. The van der Waals surface area contributed by atoms with Crippen molar-refractivity contribution in [3.05, 3.63) is 57.2 Å². The number of aromatic nitrogens is 1. The van der Waals surface area contributed by atoms with Gasteiger partial charge in [-0.25, -0.2) is 4.98 Å². The predicted octanol–water partition coefficient (Wildman–Crippen LogP) is 3.35. The van der Waals surface area contributed by atoms with E-state index in [1.54, 1.807) is 11.9 Å². The first kappa shape index (κ1) is 14.8. The first-order valence-corrected chi connectivity index (χ1v) is 7.06. The van der Waals surface area contributed by atoms with E-state index in [1.165, 1.54) is 12.3 Å². The third-order valence-corrected chi connectivity index (χ3v) is 3.89. The fourth-order valence-electron chi connectivity index (χ4n) is 1.78. The van der Waals surface area contributed by atoms with Crippen LogP contribution < -0.4 is 5.73 Å². The van der Waals surface area contributed by atoms with Gasteiger partial charge in [0.15, 0.2) is 0 Å². The SMILES string of the molecule is CN(Cc1ccccc1Br)C(=O)c1cc(N)ncc1Cl. The van der Waals surface area contributed by atoms with E-state index >= 15 is 0 Å². The Hall–Kier alpha value is -1.59. The van der Waals surface area contributed by atoms with Gasteiger partial charge in [-0.1, -0.05) is 45.7 Å². The van der Waals surface area contributed by atoms with Crippen molar-refractivity contribution in [3.8, 4) is 0 Å². The van der Waals surface area contributed by atoms with Crippen LogP contribution in [0.5, 0.6) is 0 Å². The van der Waals surface area contributed by atoms with Crippen molar-refractivity contribution in [2.24, 2.45) is 0 Å². The average Bonchev–Trinajstić information content (AvgIpc) is 2.43. The minimum atomic E-state index is -0.195. The quantitative estimate of drug-likeness (QED) is 0.919. The fourth-order valence-corrected chi connectivity index (χ4v) is 2.37. The molecule has 0 radical (unpaired) electrons. The van der Waals surface area contributed by atoms with Gasteiger partial charge in [-0.2, -0.15) is 0 Å². The number of carbonyl (C=O) groups is 1. The van der Waals surface area contributed by atoms with Crippen molar-refractivity contribution in [1.82, 2.24) is 9.88 Å². The molecule has 1 aromatic carbocycles. The number of carbonyl (C=O) groups excluding carboxylic acids is 1. The highest BCUT2D eigenvalue weighted by atomic mass is 79.9. The number of halogens is 2. The molecule has 0 aliphatic carbocycles. The van der Waals surface area contributed by atoms with Crippen LogP contribution in [-0.2, 0) is 6.54 Å². The third-order valence-electron chi connectivity index (χ3n) is 2.82. The number of hydrogen-bond donors (Lipinski definition) is 1. The molecule has 2 rings (SSSR count). The number of hydrogen-bond acceptors (Lipinski definition) is 3. The lowest BCUT2D eigenvalue weighted by Gasteiger charge is -2.18. The van der Waals surface area contributed by atoms with E-state index in [0.717, 1.165) is 10.0 Å². The molecular formula is C14H13BrClN3O. The number of rotatable bonds is 3. The summed E-state index contributed by atoms with van der Waals surface area (Å²) in [6.07, 6.45) is 1.39. The maximum absolute atomic E-state index is 12.4. The van der Waals surface area contributed by atoms with Gasteiger partial charge in [0.05, 0.1) is 10.6 Å². The lowest BCUT2D eigenvalue weighted by Crippen LogP contribution is -2.26. The summed E-state index contributed by atoms with van der Waals surface area (Å²) in [7, 11) is 1.72. The Morgan fingerprint density at radius 3 is 2.85 bits per heavy atom. The van der Waals surface area contributed by atoms with Crippen LogP contribution in [-0.4, -0.2) is 22.8 Å². The summed E-state index contributed by atoms with van der Waals surface area (Å²) in [5.74, 6) is 0.0758. The highest BCUT2D eigenvalue weighted by Crippen LogP contribution is 2.21. The summed E-state index contributed by atoms with van der Waals surface area (Å²) in [6, 6.07) is 9.23. The molecule has 1 amide bonds. The van der Waals surface area contributed by atoms with Crippen LogP contribution in [0.2, 0.25) is 5.02 Å². The van der Waals surface area contributed by atoms with Gasteiger partial charge in [-0.15, -0.1) is 0 Å². The normalized spacial score (nSPS) is 10.3. The molecule has 0 saturated carbocycles. The summed E-state index contributed by atoms with van der Waals surface area (Å²) < 4.78 is 0.958. The summed E-state index contributed by atoms with van der Waals surface area (Å²) >= 11 is 9.46. The summed E-state index contributed by atoms with van der Waals surface area (Å²) in [5, 5.41) is 0.295. The molecule has 0 aliphatic rings. The van der Waals surface area contributed by atoms with Crippen LogP contribution in [0, 0.1) is 0 Å². The van der Waals surface area contributed by atoms with E-state index < -0.39 is 0 Å². The van der Waals surface area contributed by atoms with E-state index in [-0.39, 0.29) is 11.7 Å². The van der Waals surface area contributed by atoms with E-state index in [9.17, 15) is 4.79 Å². The van der Waals surface area contributed by atoms with Gasteiger partial charge in [0, 0.05) is 24.3 Å². The van der Waals surface area contributed by atoms with Crippen LogP contribution in [0.4, 0.5) is 5.82 Å². The number of nitrogen functional groups attached to an aromatic ring is 1. The Labute approximate surface area is 130 Å². The maximum Gasteiger partial charge on any atom is 0.255 e. The topological polar surface area (TPSA) is 59.2 Å². The van der Waals surface area contributed by atoms with Crippen LogP contribution in [0.15, 0.2) is 41.0 Å². The van der Waals surface area contributed by atoms with Gasteiger partial charge in [-0.05, 0) is 17.7 Å².